The van der Waals surface area contributed by atoms with Crippen LogP contribution in [0, 0.1) is 11.8 Å². The molecule has 0 N–H and O–H groups in total. The molecule has 0 amide bonds. The Morgan fingerprint density at radius 1 is 1.12 bits per heavy atom. The summed E-state index contributed by atoms with van der Waals surface area (Å²) in [5.74, 6) is -1.63. The van der Waals surface area contributed by atoms with Crippen LogP contribution >= 0.6 is 0 Å². The minimum atomic E-state index is -0.475. The molecule has 3 rings (SSSR count). The van der Waals surface area contributed by atoms with Crippen LogP contribution in [-0.2, 0) is 30.4 Å². The van der Waals surface area contributed by atoms with Crippen molar-refractivity contribution in [1.82, 2.24) is 0 Å². The van der Waals surface area contributed by atoms with E-state index in [0.29, 0.717) is 19.4 Å². The highest BCUT2D eigenvalue weighted by Crippen LogP contribution is 2.49. The minimum absolute atomic E-state index is 0.220. The molecule has 0 radical (unpaired) electrons. The molecule has 1 saturated heterocycles. The standard InChI is InChI=1S/C17H20O5.C2H6/c1-20-15(18)13-9-17(7-8-22-17)10-14(13)16(19)21-11-12-5-3-2-4-6-12;1-2/h2-6,13-14H,7-11H2,1H3;1-2H3. The zero-order chi connectivity index (χ0) is 17.6. The van der Waals surface area contributed by atoms with E-state index >= 15 is 0 Å². The molecule has 0 aromatic heterocycles. The molecule has 24 heavy (non-hydrogen) atoms. The van der Waals surface area contributed by atoms with E-state index in [1.165, 1.54) is 7.11 Å². The Morgan fingerprint density at radius 2 is 1.71 bits per heavy atom. The summed E-state index contributed by atoms with van der Waals surface area (Å²) in [5, 5.41) is 0. The predicted molar refractivity (Wildman–Crippen MR) is 89.1 cm³/mol. The minimum Gasteiger partial charge on any atom is -0.469 e. The van der Waals surface area contributed by atoms with Gasteiger partial charge in [0, 0.05) is 0 Å². The summed E-state index contributed by atoms with van der Waals surface area (Å²) in [4.78, 5) is 24.3. The zero-order valence-electron chi connectivity index (χ0n) is 14.6. The van der Waals surface area contributed by atoms with Crippen LogP contribution in [0.15, 0.2) is 30.3 Å². The number of esters is 2. The fraction of sp³-hybridized carbons (Fsp3) is 0.579. The third-order valence-corrected chi connectivity index (χ3v) is 4.67. The Labute approximate surface area is 143 Å². The first-order chi connectivity index (χ1) is 11.6. The van der Waals surface area contributed by atoms with Gasteiger partial charge in [-0.2, -0.15) is 0 Å². The Balaban J connectivity index is 0.00000100. The summed E-state index contributed by atoms with van der Waals surface area (Å²) in [6.07, 6.45) is 1.98. The maximum atomic E-state index is 12.4. The quantitative estimate of drug-likeness (QED) is 0.792. The van der Waals surface area contributed by atoms with Crippen LogP contribution in [0.4, 0.5) is 0 Å². The molecule has 2 aliphatic rings. The van der Waals surface area contributed by atoms with Crippen LogP contribution in [0.5, 0.6) is 0 Å². The largest absolute Gasteiger partial charge is 0.469 e. The molecule has 1 spiro atoms. The normalized spacial score (nSPS) is 27.6. The molecule has 5 heteroatoms. The fourth-order valence-corrected chi connectivity index (χ4v) is 3.36. The van der Waals surface area contributed by atoms with Gasteiger partial charge in [0.05, 0.1) is 31.2 Å². The van der Waals surface area contributed by atoms with Crippen molar-refractivity contribution in [1.29, 1.82) is 0 Å². The highest BCUT2D eigenvalue weighted by Gasteiger charge is 2.55. The van der Waals surface area contributed by atoms with Crippen LogP contribution in [0.25, 0.3) is 0 Å². The highest BCUT2D eigenvalue weighted by atomic mass is 16.5. The molecule has 1 heterocycles. The summed E-state index contributed by atoms with van der Waals surface area (Å²) in [6, 6.07) is 9.50. The Kier molecular flexibility index (Phi) is 6.37. The molecular formula is C19H26O5. The monoisotopic (exact) mass is 334 g/mol. The van der Waals surface area contributed by atoms with E-state index in [9.17, 15) is 9.59 Å². The van der Waals surface area contributed by atoms with E-state index in [2.05, 4.69) is 0 Å². The van der Waals surface area contributed by atoms with Crippen molar-refractivity contribution in [3.8, 4) is 0 Å². The maximum Gasteiger partial charge on any atom is 0.310 e. The van der Waals surface area contributed by atoms with Gasteiger partial charge in [-0.15, -0.1) is 0 Å². The van der Waals surface area contributed by atoms with Gasteiger partial charge in [0.2, 0.25) is 0 Å². The lowest BCUT2D eigenvalue weighted by atomic mass is 9.92. The Hall–Kier alpha value is -1.88. The SMILES string of the molecule is CC.COC(=O)C1CC2(CCO2)CC1C(=O)OCc1ccccc1. The Morgan fingerprint density at radius 3 is 2.21 bits per heavy atom. The topological polar surface area (TPSA) is 61.8 Å². The smallest absolute Gasteiger partial charge is 0.310 e. The average Bonchev–Trinajstić information content (AvgIpc) is 3.03. The lowest BCUT2D eigenvalue weighted by molar-refractivity contribution is -0.159. The zero-order valence-corrected chi connectivity index (χ0v) is 14.6. The fourth-order valence-electron chi connectivity index (χ4n) is 3.36. The first-order valence-corrected chi connectivity index (χ1v) is 8.56. The summed E-state index contributed by atoms with van der Waals surface area (Å²) in [7, 11) is 1.35. The molecule has 1 aliphatic heterocycles. The van der Waals surface area contributed by atoms with Crippen molar-refractivity contribution in [2.45, 2.75) is 45.3 Å². The molecule has 5 nitrogen and oxygen atoms in total. The van der Waals surface area contributed by atoms with Crippen molar-refractivity contribution in [3.63, 3.8) is 0 Å². The highest BCUT2D eigenvalue weighted by molar-refractivity contribution is 5.83. The van der Waals surface area contributed by atoms with E-state index in [-0.39, 0.29) is 24.1 Å². The summed E-state index contributed by atoms with van der Waals surface area (Å²) in [5.41, 5.74) is 0.605. The lowest BCUT2D eigenvalue weighted by Gasteiger charge is -2.38. The van der Waals surface area contributed by atoms with Crippen molar-refractivity contribution >= 4 is 11.9 Å². The van der Waals surface area contributed by atoms with Crippen LogP contribution in [0.1, 0.15) is 38.7 Å². The second-order valence-corrected chi connectivity index (χ2v) is 6.02. The summed E-state index contributed by atoms with van der Waals surface area (Å²) >= 11 is 0. The van der Waals surface area contributed by atoms with E-state index in [1.807, 2.05) is 44.2 Å². The van der Waals surface area contributed by atoms with E-state index in [4.69, 9.17) is 14.2 Å². The molecule has 132 valence electrons. The Bertz CT molecular complexity index is 550. The van der Waals surface area contributed by atoms with Gasteiger partial charge in [-0.1, -0.05) is 44.2 Å². The van der Waals surface area contributed by atoms with E-state index in [0.717, 1.165) is 12.0 Å². The van der Waals surface area contributed by atoms with Crippen molar-refractivity contribution in [3.05, 3.63) is 35.9 Å². The van der Waals surface area contributed by atoms with Crippen molar-refractivity contribution in [2.24, 2.45) is 11.8 Å². The number of carbonyl (C=O) groups is 2. The van der Waals surface area contributed by atoms with Gasteiger partial charge >= 0.3 is 11.9 Å². The molecule has 1 aromatic carbocycles. The maximum absolute atomic E-state index is 12.4. The molecule has 0 bridgehead atoms. The third-order valence-electron chi connectivity index (χ3n) is 4.67. The molecule has 3 unspecified atom stereocenters. The number of hydrogen-bond donors (Lipinski definition) is 0. The van der Waals surface area contributed by atoms with Gasteiger partial charge < -0.3 is 14.2 Å². The molecular weight excluding hydrogens is 308 g/mol. The number of benzene rings is 1. The number of hydrogen-bond acceptors (Lipinski definition) is 5. The second-order valence-electron chi connectivity index (χ2n) is 6.02. The van der Waals surface area contributed by atoms with Crippen molar-refractivity contribution in [2.75, 3.05) is 13.7 Å². The predicted octanol–water partition coefficient (Wildman–Crippen LogP) is 3.11. The van der Waals surface area contributed by atoms with Gasteiger partial charge in [0.25, 0.3) is 0 Å². The van der Waals surface area contributed by atoms with E-state index < -0.39 is 11.8 Å². The van der Waals surface area contributed by atoms with Gasteiger partial charge in [-0.3, -0.25) is 9.59 Å². The van der Waals surface area contributed by atoms with Crippen LogP contribution in [0.2, 0.25) is 0 Å². The van der Waals surface area contributed by atoms with Crippen LogP contribution in [-0.4, -0.2) is 31.3 Å². The van der Waals surface area contributed by atoms with E-state index in [1.54, 1.807) is 0 Å². The number of rotatable bonds is 4. The lowest BCUT2D eigenvalue weighted by Crippen LogP contribution is -2.41. The van der Waals surface area contributed by atoms with Crippen molar-refractivity contribution < 1.29 is 23.8 Å². The van der Waals surface area contributed by atoms with Gasteiger partial charge in [0.15, 0.2) is 0 Å². The van der Waals surface area contributed by atoms with Gasteiger partial charge in [-0.05, 0) is 24.8 Å². The summed E-state index contributed by atoms with van der Waals surface area (Å²) < 4.78 is 15.9. The van der Waals surface area contributed by atoms with Gasteiger partial charge in [-0.25, -0.2) is 0 Å². The van der Waals surface area contributed by atoms with Gasteiger partial charge in [0.1, 0.15) is 6.61 Å². The second kappa shape index (κ2) is 8.29. The molecule has 1 aliphatic carbocycles. The van der Waals surface area contributed by atoms with Crippen LogP contribution < -0.4 is 0 Å². The number of carbonyl (C=O) groups excluding carboxylic acids is 2. The molecule has 3 atom stereocenters. The molecule has 1 saturated carbocycles. The average molecular weight is 334 g/mol. The summed E-state index contributed by atoms with van der Waals surface area (Å²) in [6.45, 7) is 4.91. The number of ether oxygens (including phenoxy) is 3. The number of methoxy groups -OCH3 is 1. The first kappa shape index (κ1) is 18.5. The molecule has 2 fully saturated rings. The van der Waals surface area contributed by atoms with Crippen LogP contribution in [0.3, 0.4) is 0 Å². The third kappa shape index (κ3) is 3.96. The first-order valence-electron chi connectivity index (χ1n) is 8.56. The molecule has 1 aromatic rings.